The van der Waals surface area contributed by atoms with E-state index < -0.39 is 4.92 Å². The molecular formula is C25H23ClN4O5. The SMILES string of the molecule is O=C(COc1ccc([N+](=O)[O-])cc1)Nc1ccc(N2CCN(C(=O)c3ccccc3)CC2)c(Cl)c1. The van der Waals surface area contributed by atoms with E-state index in [0.29, 0.717) is 48.2 Å². The molecule has 1 aliphatic rings. The van der Waals surface area contributed by atoms with Crippen LogP contribution in [0.4, 0.5) is 17.1 Å². The van der Waals surface area contributed by atoms with Crippen molar-refractivity contribution in [3.05, 3.63) is 93.5 Å². The van der Waals surface area contributed by atoms with Crippen molar-refractivity contribution in [3.8, 4) is 5.75 Å². The van der Waals surface area contributed by atoms with Crippen LogP contribution >= 0.6 is 11.6 Å². The van der Waals surface area contributed by atoms with Gasteiger partial charge in [0.25, 0.3) is 17.5 Å². The number of nitro benzene ring substituents is 1. The lowest BCUT2D eigenvalue weighted by atomic mass is 10.1. The highest BCUT2D eigenvalue weighted by Gasteiger charge is 2.23. The Morgan fingerprint density at radius 3 is 2.29 bits per heavy atom. The number of ether oxygens (including phenoxy) is 1. The molecule has 0 bridgehead atoms. The number of nitrogens with zero attached hydrogens (tertiary/aromatic N) is 3. The number of anilines is 2. The molecule has 3 aromatic rings. The lowest BCUT2D eigenvalue weighted by Crippen LogP contribution is -2.48. The van der Waals surface area contributed by atoms with Gasteiger partial charge in [-0.1, -0.05) is 29.8 Å². The van der Waals surface area contributed by atoms with E-state index >= 15 is 0 Å². The van der Waals surface area contributed by atoms with E-state index in [0.717, 1.165) is 5.69 Å². The number of carbonyl (C=O) groups excluding carboxylic acids is 2. The molecule has 3 aromatic carbocycles. The Balaban J connectivity index is 1.28. The zero-order valence-corrected chi connectivity index (χ0v) is 19.5. The zero-order valence-electron chi connectivity index (χ0n) is 18.7. The van der Waals surface area contributed by atoms with Crippen molar-refractivity contribution in [1.82, 2.24) is 4.90 Å². The molecule has 0 unspecified atom stereocenters. The molecule has 0 saturated carbocycles. The number of piperazine rings is 1. The van der Waals surface area contributed by atoms with E-state index in [4.69, 9.17) is 16.3 Å². The van der Waals surface area contributed by atoms with Crippen LogP contribution in [0.25, 0.3) is 0 Å². The third kappa shape index (κ3) is 6.07. The molecule has 10 heteroatoms. The number of nitro groups is 1. The highest BCUT2D eigenvalue weighted by molar-refractivity contribution is 6.33. The van der Waals surface area contributed by atoms with Gasteiger partial charge in [-0.05, 0) is 42.5 Å². The summed E-state index contributed by atoms with van der Waals surface area (Å²) < 4.78 is 5.38. The number of rotatable bonds is 7. The summed E-state index contributed by atoms with van der Waals surface area (Å²) in [5.41, 5.74) is 1.98. The maximum atomic E-state index is 12.6. The average Bonchev–Trinajstić information content (AvgIpc) is 2.88. The number of benzene rings is 3. The zero-order chi connectivity index (χ0) is 24.8. The van der Waals surface area contributed by atoms with Crippen molar-refractivity contribution >= 4 is 40.5 Å². The van der Waals surface area contributed by atoms with Crippen LogP contribution in [-0.2, 0) is 4.79 Å². The van der Waals surface area contributed by atoms with Crippen LogP contribution in [0.1, 0.15) is 10.4 Å². The fraction of sp³-hybridized carbons (Fsp3) is 0.200. The first kappa shape index (κ1) is 24.0. The number of hydrogen-bond donors (Lipinski definition) is 1. The second kappa shape index (κ2) is 10.9. The van der Waals surface area contributed by atoms with Crippen molar-refractivity contribution < 1.29 is 19.2 Å². The second-order valence-electron chi connectivity index (χ2n) is 7.90. The molecule has 0 aromatic heterocycles. The van der Waals surface area contributed by atoms with Crippen molar-refractivity contribution in [2.24, 2.45) is 0 Å². The van der Waals surface area contributed by atoms with E-state index in [2.05, 4.69) is 10.2 Å². The Morgan fingerprint density at radius 2 is 1.66 bits per heavy atom. The minimum atomic E-state index is -0.506. The van der Waals surface area contributed by atoms with Gasteiger partial charge in [0, 0.05) is 49.6 Å². The van der Waals surface area contributed by atoms with E-state index in [9.17, 15) is 19.7 Å². The maximum absolute atomic E-state index is 12.6. The van der Waals surface area contributed by atoms with Gasteiger partial charge in [0.05, 0.1) is 15.6 Å². The summed E-state index contributed by atoms with van der Waals surface area (Å²) in [7, 11) is 0. The van der Waals surface area contributed by atoms with Crippen LogP contribution in [0.15, 0.2) is 72.8 Å². The van der Waals surface area contributed by atoms with Gasteiger partial charge in [-0.25, -0.2) is 0 Å². The monoisotopic (exact) mass is 494 g/mol. The summed E-state index contributed by atoms with van der Waals surface area (Å²) in [5, 5.41) is 13.9. The highest BCUT2D eigenvalue weighted by Crippen LogP contribution is 2.30. The molecule has 1 fully saturated rings. The Bertz CT molecular complexity index is 1210. The fourth-order valence-corrected chi connectivity index (χ4v) is 4.06. The van der Waals surface area contributed by atoms with Gasteiger partial charge in [-0.2, -0.15) is 0 Å². The van der Waals surface area contributed by atoms with Crippen LogP contribution in [0.3, 0.4) is 0 Å². The van der Waals surface area contributed by atoms with Crippen LogP contribution in [0, 0.1) is 10.1 Å². The lowest BCUT2D eigenvalue weighted by molar-refractivity contribution is -0.384. The molecule has 0 radical (unpaired) electrons. The van der Waals surface area contributed by atoms with Gasteiger partial charge in [0.1, 0.15) is 5.75 Å². The number of halogens is 1. The molecule has 2 amide bonds. The molecule has 0 spiro atoms. The minimum absolute atomic E-state index is 0.0188. The largest absolute Gasteiger partial charge is 0.484 e. The summed E-state index contributed by atoms with van der Waals surface area (Å²) in [5.74, 6) is -0.0189. The number of amides is 2. The Hall–Kier alpha value is -4.11. The molecular weight excluding hydrogens is 472 g/mol. The normalized spacial score (nSPS) is 13.3. The number of non-ortho nitro benzene ring substituents is 1. The molecule has 1 saturated heterocycles. The molecule has 0 aliphatic carbocycles. The maximum Gasteiger partial charge on any atom is 0.269 e. The van der Waals surface area contributed by atoms with Crippen LogP contribution in [0.5, 0.6) is 5.75 Å². The van der Waals surface area contributed by atoms with E-state index in [1.165, 1.54) is 24.3 Å². The first-order valence-corrected chi connectivity index (χ1v) is 11.3. The smallest absolute Gasteiger partial charge is 0.269 e. The van der Waals surface area contributed by atoms with Crippen molar-refractivity contribution in [2.45, 2.75) is 0 Å². The first-order chi connectivity index (χ1) is 16.9. The third-order valence-corrected chi connectivity index (χ3v) is 5.88. The molecule has 1 N–H and O–H groups in total. The van der Waals surface area contributed by atoms with Crippen LogP contribution < -0.4 is 15.0 Å². The average molecular weight is 495 g/mol. The molecule has 35 heavy (non-hydrogen) atoms. The van der Waals surface area contributed by atoms with E-state index in [1.54, 1.807) is 12.1 Å². The van der Waals surface area contributed by atoms with E-state index in [1.807, 2.05) is 41.3 Å². The lowest BCUT2D eigenvalue weighted by Gasteiger charge is -2.36. The Labute approximate surface area is 207 Å². The molecule has 0 atom stereocenters. The van der Waals surface area contributed by atoms with Gasteiger partial charge >= 0.3 is 0 Å². The van der Waals surface area contributed by atoms with Crippen molar-refractivity contribution in [2.75, 3.05) is 43.0 Å². The molecule has 1 aliphatic heterocycles. The minimum Gasteiger partial charge on any atom is -0.484 e. The fourth-order valence-electron chi connectivity index (χ4n) is 3.76. The summed E-state index contributed by atoms with van der Waals surface area (Å²) in [6.07, 6.45) is 0. The summed E-state index contributed by atoms with van der Waals surface area (Å²) in [6.45, 7) is 2.21. The predicted octanol–water partition coefficient (Wildman–Crippen LogP) is 4.23. The first-order valence-electron chi connectivity index (χ1n) is 11.0. The van der Waals surface area contributed by atoms with Crippen LogP contribution in [-0.4, -0.2) is 54.4 Å². The van der Waals surface area contributed by atoms with Crippen molar-refractivity contribution in [3.63, 3.8) is 0 Å². The molecule has 180 valence electrons. The number of hydrogen-bond acceptors (Lipinski definition) is 6. The standard InChI is InChI=1S/C25H23ClN4O5/c26-22-16-19(27-24(31)17-35-21-9-7-20(8-10-21)30(33)34)6-11-23(22)28-12-14-29(15-13-28)25(32)18-4-2-1-3-5-18/h1-11,16H,12-15,17H2,(H,27,31). The Kier molecular flexibility index (Phi) is 7.47. The van der Waals surface area contributed by atoms with Crippen molar-refractivity contribution in [1.29, 1.82) is 0 Å². The molecule has 4 rings (SSSR count). The predicted molar refractivity (Wildman–Crippen MR) is 133 cm³/mol. The summed E-state index contributed by atoms with van der Waals surface area (Å²) in [6, 6.07) is 20.0. The van der Waals surface area contributed by atoms with Gasteiger partial charge in [-0.15, -0.1) is 0 Å². The molecule has 1 heterocycles. The molecule has 9 nitrogen and oxygen atoms in total. The quantitative estimate of drug-likeness (QED) is 0.389. The Morgan fingerprint density at radius 1 is 0.971 bits per heavy atom. The van der Waals surface area contributed by atoms with Gasteiger partial charge in [0.2, 0.25) is 0 Å². The number of nitrogens with one attached hydrogen (secondary N) is 1. The topological polar surface area (TPSA) is 105 Å². The van der Waals surface area contributed by atoms with Crippen LogP contribution in [0.2, 0.25) is 5.02 Å². The summed E-state index contributed by atoms with van der Waals surface area (Å²) >= 11 is 6.49. The number of carbonyl (C=O) groups is 2. The van der Waals surface area contributed by atoms with Gasteiger partial charge < -0.3 is 19.9 Å². The highest BCUT2D eigenvalue weighted by atomic mass is 35.5. The summed E-state index contributed by atoms with van der Waals surface area (Å²) in [4.78, 5) is 39.0. The van der Waals surface area contributed by atoms with Gasteiger partial charge in [-0.3, -0.25) is 19.7 Å². The van der Waals surface area contributed by atoms with Gasteiger partial charge in [0.15, 0.2) is 6.61 Å². The second-order valence-corrected chi connectivity index (χ2v) is 8.31. The third-order valence-electron chi connectivity index (χ3n) is 5.58. The van der Waals surface area contributed by atoms with E-state index in [-0.39, 0.29) is 24.1 Å².